The number of para-hydroxylation sites is 1. The van der Waals surface area contributed by atoms with Gasteiger partial charge in [0.25, 0.3) is 0 Å². The summed E-state index contributed by atoms with van der Waals surface area (Å²) >= 11 is 11.6. The fourth-order valence-corrected chi connectivity index (χ4v) is 3.66. The number of aliphatic imine (C=N–C) groups is 1. The minimum absolute atomic E-state index is 0.207. The quantitative estimate of drug-likeness (QED) is 0.801. The molecule has 2 atom stereocenters. The van der Waals surface area contributed by atoms with Crippen LogP contribution in [0.1, 0.15) is 18.4 Å². The highest BCUT2D eigenvalue weighted by molar-refractivity contribution is 7.63. The van der Waals surface area contributed by atoms with E-state index in [2.05, 4.69) is 16.4 Å². The Morgan fingerprint density at radius 2 is 1.85 bits per heavy atom. The summed E-state index contributed by atoms with van der Waals surface area (Å²) in [5, 5.41) is 13.2. The van der Waals surface area contributed by atoms with Crippen molar-refractivity contribution in [1.29, 1.82) is 5.26 Å². The van der Waals surface area contributed by atoms with Crippen LogP contribution in [0.2, 0.25) is 5.02 Å². The van der Waals surface area contributed by atoms with Crippen LogP contribution in [0, 0.1) is 17.2 Å². The average molecular weight is 381 g/mol. The Balaban J connectivity index is 2.06. The van der Waals surface area contributed by atoms with Crippen molar-refractivity contribution in [3.8, 4) is 6.07 Å². The van der Waals surface area contributed by atoms with Crippen molar-refractivity contribution in [2.24, 2.45) is 10.9 Å². The van der Waals surface area contributed by atoms with Gasteiger partial charge in [-0.3, -0.25) is 9.79 Å². The van der Waals surface area contributed by atoms with Gasteiger partial charge in [-0.1, -0.05) is 53.0 Å². The standard InChI is InChI=1S/C20H16ClN3OS/c1-12-17(19(25)24-13-7-3-2-4-8-13)18(15(11-22)20(26)23-12)14-9-5-6-10-16(14)21/h2-10,17-18,26H,1H3,(H,24,25)/p-1/t17?,18-/m0/s1. The molecule has 0 aliphatic carbocycles. The third-order valence-electron chi connectivity index (χ3n) is 4.29. The number of carbonyl (C=O) groups is 1. The largest absolute Gasteiger partial charge is 0.759 e. The van der Waals surface area contributed by atoms with Crippen LogP contribution in [0.4, 0.5) is 5.69 Å². The lowest BCUT2D eigenvalue weighted by Gasteiger charge is -2.33. The molecule has 0 saturated carbocycles. The highest BCUT2D eigenvalue weighted by atomic mass is 35.5. The van der Waals surface area contributed by atoms with Crippen LogP contribution in [-0.4, -0.2) is 11.6 Å². The number of nitrogens with one attached hydrogen (secondary N) is 1. The first-order valence-corrected chi connectivity index (χ1v) is 8.78. The molecular formula is C20H15ClN3OS-. The summed E-state index contributed by atoms with van der Waals surface area (Å²) in [7, 11) is 0. The molecule has 0 bridgehead atoms. The predicted molar refractivity (Wildman–Crippen MR) is 106 cm³/mol. The second-order valence-corrected chi connectivity index (χ2v) is 6.71. The summed E-state index contributed by atoms with van der Waals surface area (Å²) in [6.45, 7) is 1.75. The number of halogens is 1. The summed E-state index contributed by atoms with van der Waals surface area (Å²) in [4.78, 5) is 17.3. The van der Waals surface area contributed by atoms with Crippen molar-refractivity contribution in [2.45, 2.75) is 12.8 Å². The van der Waals surface area contributed by atoms with Gasteiger partial charge in [-0.25, -0.2) is 0 Å². The number of nitriles is 1. The monoisotopic (exact) mass is 380 g/mol. The molecule has 130 valence electrons. The molecule has 1 amide bonds. The zero-order chi connectivity index (χ0) is 18.7. The van der Waals surface area contributed by atoms with E-state index in [1.165, 1.54) is 0 Å². The Labute approximate surface area is 162 Å². The SMILES string of the molecule is CC1=NC([S-])=C(C#N)[C@H](c2ccccc2Cl)C1C(=O)Nc1ccccc1. The van der Waals surface area contributed by atoms with Crippen LogP contribution in [0.15, 0.2) is 70.2 Å². The number of hydrogen-bond acceptors (Lipinski definition) is 4. The van der Waals surface area contributed by atoms with Gasteiger partial charge in [0.1, 0.15) is 0 Å². The number of amides is 1. The lowest BCUT2D eigenvalue weighted by Crippen LogP contribution is -2.36. The first-order chi connectivity index (χ1) is 12.5. The first kappa shape index (κ1) is 18.1. The third-order valence-corrected chi connectivity index (χ3v) is 4.94. The van der Waals surface area contributed by atoms with Crippen LogP contribution in [0.3, 0.4) is 0 Å². The molecule has 1 N–H and O–H groups in total. The molecule has 0 radical (unpaired) electrons. The van der Waals surface area contributed by atoms with E-state index in [0.717, 1.165) is 0 Å². The Morgan fingerprint density at radius 3 is 2.50 bits per heavy atom. The molecule has 2 aromatic rings. The van der Waals surface area contributed by atoms with Gasteiger partial charge in [0.2, 0.25) is 5.91 Å². The predicted octanol–water partition coefficient (Wildman–Crippen LogP) is 4.44. The summed E-state index contributed by atoms with van der Waals surface area (Å²) < 4.78 is 0. The van der Waals surface area contributed by atoms with Crippen molar-refractivity contribution in [3.63, 3.8) is 0 Å². The molecule has 26 heavy (non-hydrogen) atoms. The fraction of sp³-hybridized carbons (Fsp3) is 0.150. The zero-order valence-corrected chi connectivity index (χ0v) is 15.5. The van der Waals surface area contributed by atoms with Crippen LogP contribution in [0.25, 0.3) is 0 Å². The molecule has 0 aromatic heterocycles. The van der Waals surface area contributed by atoms with E-state index in [-0.39, 0.29) is 16.5 Å². The van der Waals surface area contributed by atoms with E-state index in [1.54, 1.807) is 31.2 Å². The van der Waals surface area contributed by atoms with E-state index >= 15 is 0 Å². The van der Waals surface area contributed by atoms with Crippen LogP contribution >= 0.6 is 11.6 Å². The van der Waals surface area contributed by atoms with E-state index < -0.39 is 11.8 Å². The smallest absolute Gasteiger partial charge is 0.234 e. The van der Waals surface area contributed by atoms with Gasteiger partial charge < -0.3 is 17.9 Å². The van der Waals surface area contributed by atoms with Gasteiger partial charge in [-0.15, -0.1) is 0 Å². The molecule has 0 spiro atoms. The Bertz CT molecular complexity index is 947. The maximum absolute atomic E-state index is 13.0. The van der Waals surface area contributed by atoms with Crippen molar-refractivity contribution in [3.05, 3.63) is 75.8 Å². The number of carbonyl (C=O) groups excluding carboxylic acids is 1. The summed E-state index contributed by atoms with van der Waals surface area (Å²) in [6.07, 6.45) is 0. The number of anilines is 1. The molecular weight excluding hydrogens is 366 g/mol. The number of allylic oxidation sites excluding steroid dienone is 1. The zero-order valence-electron chi connectivity index (χ0n) is 13.9. The maximum atomic E-state index is 13.0. The highest BCUT2D eigenvalue weighted by Gasteiger charge is 2.38. The third kappa shape index (κ3) is 3.48. The number of nitrogens with zero attached hydrogens (tertiary/aromatic N) is 2. The second kappa shape index (κ2) is 7.69. The molecule has 2 aromatic carbocycles. The number of benzene rings is 2. The van der Waals surface area contributed by atoms with Crippen LogP contribution in [-0.2, 0) is 17.4 Å². The summed E-state index contributed by atoms with van der Waals surface area (Å²) in [5.74, 6) is -1.49. The lowest BCUT2D eigenvalue weighted by molar-refractivity contribution is -0.118. The number of rotatable bonds is 3. The molecule has 3 rings (SSSR count). The minimum Gasteiger partial charge on any atom is -0.759 e. The average Bonchev–Trinajstić information content (AvgIpc) is 2.62. The van der Waals surface area contributed by atoms with Crippen molar-refractivity contribution in [2.75, 3.05) is 5.32 Å². The molecule has 6 heteroatoms. The second-order valence-electron chi connectivity index (χ2n) is 5.92. The van der Waals surface area contributed by atoms with Gasteiger partial charge in [0.05, 0.1) is 12.0 Å². The first-order valence-electron chi connectivity index (χ1n) is 7.99. The molecule has 1 heterocycles. The van der Waals surface area contributed by atoms with Crippen LogP contribution in [0.5, 0.6) is 0 Å². The molecule has 1 aliphatic heterocycles. The molecule has 1 aliphatic rings. The van der Waals surface area contributed by atoms with Gasteiger partial charge in [0.15, 0.2) is 0 Å². The van der Waals surface area contributed by atoms with Crippen molar-refractivity contribution >= 4 is 41.5 Å². The normalized spacial score (nSPS) is 19.5. The van der Waals surface area contributed by atoms with Gasteiger partial charge in [-0.2, -0.15) is 5.26 Å². The minimum atomic E-state index is -0.670. The molecule has 0 fully saturated rings. The van der Waals surface area contributed by atoms with Gasteiger partial charge >= 0.3 is 0 Å². The Hall–Kier alpha value is -2.68. The van der Waals surface area contributed by atoms with E-state index in [9.17, 15) is 10.1 Å². The molecule has 0 saturated heterocycles. The van der Waals surface area contributed by atoms with Gasteiger partial charge in [0, 0.05) is 27.9 Å². The van der Waals surface area contributed by atoms with Crippen LogP contribution < -0.4 is 5.32 Å². The topological polar surface area (TPSA) is 65.2 Å². The highest BCUT2D eigenvalue weighted by Crippen LogP contribution is 2.41. The fourth-order valence-electron chi connectivity index (χ4n) is 3.09. The van der Waals surface area contributed by atoms with Gasteiger partial charge in [-0.05, 0) is 30.7 Å². The molecule has 4 nitrogen and oxygen atoms in total. The van der Waals surface area contributed by atoms with E-state index in [0.29, 0.717) is 22.0 Å². The molecule has 1 unspecified atom stereocenters. The van der Waals surface area contributed by atoms with E-state index in [1.807, 2.05) is 30.3 Å². The Morgan fingerprint density at radius 1 is 1.19 bits per heavy atom. The summed E-state index contributed by atoms with van der Waals surface area (Å²) in [5.41, 5.74) is 2.21. The van der Waals surface area contributed by atoms with Crippen molar-refractivity contribution in [1.82, 2.24) is 0 Å². The van der Waals surface area contributed by atoms with Crippen molar-refractivity contribution < 1.29 is 4.79 Å². The Kier molecular flexibility index (Phi) is 5.36. The number of hydrogen-bond donors (Lipinski definition) is 1. The summed E-state index contributed by atoms with van der Waals surface area (Å²) in [6, 6.07) is 18.5. The lowest BCUT2D eigenvalue weighted by atomic mass is 9.76. The maximum Gasteiger partial charge on any atom is 0.234 e. The van der Waals surface area contributed by atoms with E-state index in [4.69, 9.17) is 24.2 Å².